The van der Waals surface area contributed by atoms with Crippen molar-refractivity contribution in [2.24, 2.45) is 0 Å². The minimum absolute atomic E-state index is 0.443. The van der Waals surface area contributed by atoms with Crippen molar-refractivity contribution >= 4 is 11.0 Å². The number of hydrogen-bond donors (Lipinski definition) is 1. The van der Waals surface area contributed by atoms with Crippen LogP contribution in [0.4, 0.5) is 0 Å². The number of nitrogens with one attached hydrogen (secondary N) is 1. The van der Waals surface area contributed by atoms with Gasteiger partial charge in [-0.1, -0.05) is 32.0 Å². The summed E-state index contributed by atoms with van der Waals surface area (Å²) < 4.78 is 11.4. The Morgan fingerprint density at radius 2 is 2.00 bits per heavy atom. The van der Waals surface area contributed by atoms with E-state index in [2.05, 4.69) is 29.4 Å². The fourth-order valence-electron chi connectivity index (χ4n) is 2.17. The molecular formula is C16H19N3O2. The van der Waals surface area contributed by atoms with Crippen molar-refractivity contribution in [2.75, 3.05) is 6.54 Å². The molecular weight excluding hydrogens is 266 g/mol. The lowest BCUT2D eigenvalue weighted by atomic mass is 10.2. The molecule has 0 amide bonds. The molecule has 5 nitrogen and oxygen atoms in total. The van der Waals surface area contributed by atoms with Gasteiger partial charge in [-0.2, -0.15) is 0 Å². The first-order valence-corrected chi connectivity index (χ1v) is 7.27. The molecule has 3 aromatic rings. The molecule has 0 atom stereocenters. The van der Waals surface area contributed by atoms with E-state index in [0.29, 0.717) is 23.6 Å². The van der Waals surface area contributed by atoms with Crippen molar-refractivity contribution in [1.29, 1.82) is 0 Å². The molecule has 0 bridgehead atoms. The monoisotopic (exact) mass is 285 g/mol. The second-order valence-electron chi connectivity index (χ2n) is 5.36. The number of benzene rings is 1. The second-order valence-corrected chi connectivity index (χ2v) is 5.36. The summed E-state index contributed by atoms with van der Waals surface area (Å²) in [5.74, 6) is 1.71. The highest BCUT2D eigenvalue weighted by molar-refractivity contribution is 5.81. The van der Waals surface area contributed by atoms with Crippen molar-refractivity contribution in [2.45, 2.75) is 32.7 Å². The van der Waals surface area contributed by atoms with E-state index in [1.54, 1.807) is 0 Å². The van der Waals surface area contributed by atoms with Gasteiger partial charge in [0.05, 0.1) is 0 Å². The molecule has 0 unspecified atom stereocenters. The largest absolute Gasteiger partial charge is 0.451 e. The van der Waals surface area contributed by atoms with Gasteiger partial charge in [0.2, 0.25) is 5.89 Å². The number of aromatic nitrogens is 2. The van der Waals surface area contributed by atoms with E-state index < -0.39 is 0 Å². The number of furan rings is 1. The molecule has 2 aromatic heterocycles. The van der Waals surface area contributed by atoms with E-state index in [9.17, 15) is 0 Å². The van der Waals surface area contributed by atoms with Crippen LogP contribution in [0.2, 0.25) is 0 Å². The molecule has 0 aliphatic heterocycles. The average Bonchev–Trinajstić information content (AvgIpc) is 3.09. The van der Waals surface area contributed by atoms with Gasteiger partial charge in [-0.15, -0.1) is 10.2 Å². The van der Waals surface area contributed by atoms with Crippen LogP contribution in [0.1, 0.15) is 26.2 Å². The maximum Gasteiger partial charge on any atom is 0.283 e. The molecule has 0 aliphatic rings. The summed E-state index contributed by atoms with van der Waals surface area (Å²) in [6.45, 7) is 5.21. The maximum absolute atomic E-state index is 5.72. The fourth-order valence-corrected chi connectivity index (χ4v) is 2.17. The molecule has 110 valence electrons. The van der Waals surface area contributed by atoms with Gasteiger partial charge in [-0.05, 0) is 25.1 Å². The second kappa shape index (κ2) is 6.10. The molecule has 0 radical (unpaired) electrons. The third-order valence-corrected chi connectivity index (χ3v) is 3.22. The summed E-state index contributed by atoms with van der Waals surface area (Å²) >= 11 is 0. The SMILES string of the molecule is CC(C)NCCCc1nnc(-c2cc3ccccc3o2)o1. The molecule has 0 aliphatic carbocycles. The Hall–Kier alpha value is -2.14. The standard InChI is InChI=1S/C16H19N3O2/c1-11(2)17-9-5-8-15-18-19-16(21-15)14-10-12-6-3-4-7-13(12)20-14/h3-4,6-7,10-11,17H,5,8-9H2,1-2H3. The summed E-state index contributed by atoms with van der Waals surface area (Å²) in [6.07, 6.45) is 1.74. The minimum Gasteiger partial charge on any atom is -0.451 e. The van der Waals surface area contributed by atoms with E-state index in [-0.39, 0.29) is 0 Å². The van der Waals surface area contributed by atoms with E-state index in [4.69, 9.17) is 8.83 Å². The fraction of sp³-hybridized carbons (Fsp3) is 0.375. The first-order valence-electron chi connectivity index (χ1n) is 7.27. The van der Waals surface area contributed by atoms with Crippen LogP contribution in [0.15, 0.2) is 39.2 Å². The molecule has 0 saturated carbocycles. The zero-order valence-corrected chi connectivity index (χ0v) is 12.3. The lowest BCUT2D eigenvalue weighted by Crippen LogP contribution is -2.23. The lowest BCUT2D eigenvalue weighted by molar-refractivity contribution is 0.471. The van der Waals surface area contributed by atoms with Crippen molar-refractivity contribution in [3.63, 3.8) is 0 Å². The normalized spacial score (nSPS) is 11.6. The number of para-hydroxylation sites is 1. The van der Waals surface area contributed by atoms with Crippen molar-refractivity contribution in [3.05, 3.63) is 36.2 Å². The Balaban J connectivity index is 1.66. The van der Waals surface area contributed by atoms with Crippen LogP contribution >= 0.6 is 0 Å². The van der Waals surface area contributed by atoms with Crippen molar-refractivity contribution < 1.29 is 8.83 Å². The van der Waals surface area contributed by atoms with Gasteiger partial charge < -0.3 is 14.2 Å². The Morgan fingerprint density at radius 1 is 1.14 bits per heavy atom. The molecule has 1 aromatic carbocycles. The Labute approximate surface area is 123 Å². The van der Waals surface area contributed by atoms with Crippen molar-refractivity contribution in [1.82, 2.24) is 15.5 Å². The molecule has 1 N–H and O–H groups in total. The van der Waals surface area contributed by atoms with Crippen LogP contribution in [-0.4, -0.2) is 22.8 Å². The quantitative estimate of drug-likeness (QED) is 0.703. The Bertz CT molecular complexity index is 682. The highest BCUT2D eigenvalue weighted by Crippen LogP contribution is 2.26. The Morgan fingerprint density at radius 3 is 2.81 bits per heavy atom. The molecule has 3 rings (SSSR count). The van der Waals surface area contributed by atoms with Gasteiger partial charge in [0.25, 0.3) is 5.89 Å². The van der Waals surface area contributed by atoms with Gasteiger partial charge in [0.1, 0.15) is 5.58 Å². The molecule has 2 heterocycles. The summed E-state index contributed by atoms with van der Waals surface area (Å²) in [7, 11) is 0. The van der Waals surface area contributed by atoms with Crippen LogP contribution in [-0.2, 0) is 6.42 Å². The topological polar surface area (TPSA) is 64.1 Å². The number of hydrogen-bond acceptors (Lipinski definition) is 5. The van der Waals surface area contributed by atoms with Gasteiger partial charge >= 0.3 is 0 Å². The van der Waals surface area contributed by atoms with Crippen LogP contribution in [0.5, 0.6) is 0 Å². The maximum atomic E-state index is 5.72. The zero-order chi connectivity index (χ0) is 14.7. The zero-order valence-electron chi connectivity index (χ0n) is 12.3. The number of rotatable bonds is 6. The summed E-state index contributed by atoms with van der Waals surface area (Å²) in [6, 6.07) is 10.3. The summed E-state index contributed by atoms with van der Waals surface area (Å²) in [4.78, 5) is 0. The first-order chi connectivity index (χ1) is 10.2. The van der Waals surface area contributed by atoms with Crippen LogP contribution in [0.25, 0.3) is 22.6 Å². The lowest BCUT2D eigenvalue weighted by Gasteiger charge is -2.05. The summed E-state index contributed by atoms with van der Waals surface area (Å²) in [5, 5.41) is 12.5. The Kier molecular flexibility index (Phi) is 4.01. The highest BCUT2D eigenvalue weighted by Gasteiger charge is 2.13. The van der Waals surface area contributed by atoms with Gasteiger partial charge in [-0.3, -0.25) is 0 Å². The van der Waals surface area contributed by atoms with Gasteiger partial charge in [-0.25, -0.2) is 0 Å². The minimum atomic E-state index is 0.443. The molecule has 5 heteroatoms. The van der Waals surface area contributed by atoms with E-state index in [0.717, 1.165) is 30.4 Å². The third kappa shape index (κ3) is 3.31. The number of aryl methyl sites for hydroxylation is 1. The highest BCUT2D eigenvalue weighted by atomic mass is 16.4. The molecule has 0 saturated heterocycles. The van der Waals surface area contributed by atoms with E-state index >= 15 is 0 Å². The van der Waals surface area contributed by atoms with Crippen molar-refractivity contribution in [3.8, 4) is 11.7 Å². The molecule has 21 heavy (non-hydrogen) atoms. The average molecular weight is 285 g/mol. The van der Waals surface area contributed by atoms with E-state index in [1.165, 1.54) is 0 Å². The number of fused-ring (bicyclic) bond motifs is 1. The van der Waals surface area contributed by atoms with Crippen LogP contribution in [0, 0.1) is 0 Å². The predicted octanol–water partition coefficient (Wildman–Crippen LogP) is 3.41. The predicted molar refractivity (Wildman–Crippen MR) is 81.0 cm³/mol. The van der Waals surface area contributed by atoms with Gasteiger partial charge in [0.15, 0.2) is 5.76 Å². The summed E-state index contributed by atoms with van der Waals surface area (Å²) in [5.41, 5.74) is 0.827. The molecule has 0 fully saturated rings. The first kappa shape index (κ1) is 13.8. The van der Waals surface area contributed by atoms with Gasteiger partial charge in [0, 0.05) is 17.8 Å². The van der Waals surface area contributed by atoms with Crippen LogP contribution in [0.3, 0.4) is 0 Å². The molecule has 0 spiro atoms. The smallest absolute Gasteiger partial charge is 0.283 e. The van der Waals surface area contributed by atoms with Crippen LogP contribution < -0.4 is 5.32 Å². The third-order valence-electron chi connectivity index (χ3n) is 3.22. The van der Waals surface area contributed by atoms with E-state index in [1.807, 2.05) is 30.3 Å². The number of nitrogens with zero attached hydrogens (tertiary/aromatic N) is 2.